The van der Waals surface area contributed by atoms with Gasteiger partial charge in [0.1, 0.15) is 5.52 Å². The lowest BCUT2D eigenvalue weighted by atomic mass is 9.82. The molecule has 1 aromatic heterocycles. The molecule has 0 spiro atoms. The molecule has 0 radical (unpaired) electrons. The van der Waals surface area contributed by atoms with Crippen LogP contribution in [0.25, 0.3) is 11.0 Å². The number of nitrogens with one attached hydrogen (secondary N) is 2. The quantitative estimate of drug-likeness (QED) is 0.894. The van der Waals surface area contributed by atoms with Gasteiger partial charge in [-0.25, -0.2) is 4.98 Å². The fourth-order valence-corrected chi connectivity index (χ4v) is 4.15. The van der Waals surface area contributed by atoms with Gasteiger partial charge in [-0.3, -0.25) is 4.79 Å². The first-order valence-electron chi connectivity index (χ1n) is 8.17. The highest BCUT2D eigenvalue weighted by Crippen LogP contribution is 2.32. The minimum Gasteiger partial charge on any atom is -0.349 e. The fourth-order valence-electron chi connectivity index (χ4n) is 4.15. The number of fused-ring (bicyclic) bond motifs is 3. The van der Waals surface area contributed by atoms with Gasteiger partial charge in [0.05, 0.1) is 17.4 Å². The molecule has 2 unspecified atom stereocenters. The number of H-pyrrole nitrogens is 1. The Morgan fingerprint density at radius 1 is 1.32 bits per heavy atom. The number of piperidine rings is 2. The molecule has 2 bridgehead atoms. The standard InChI is InChI=1S/C17H22N4O/c1-21-12-4-2-5-13(21)9-11(8-12)20-17(22)14-6-3-7-15-16(14)19-10-18-15/h3,6-7,10-13H,2,4-5,8-9H2,1H3,(H,18,19)(H,20,22). The van der Waals surface area contributed by atoms with Crippen molar-refractivity contribution < 1.29 is 4.79 Å². The second-order valence-electron chi connectivity index (χ2n) is 6.65. The third-order valence-corrected chi connectivity index (χ3v) is 5.37. The number of aromatic amines is 1. The molecule has 3 heterocycles. The fraction of sp³-hybridized carbons (Fsp3) is 0.529. The zero-order valence-corrected chi connectivity index (χ0v) is 12.9. The summed E-state index contributed by atoms with van der Waals surface area (Å²) in [6.07, 6.45) is 7.61. The highest BCUT2D eigenvalue weighted by Gasteiger charge is 2.36. The van der Waals surface area contributed by atoms with Gasteiger partial charge in [-0.2, -0.15) is 0 Å². The molecule has 2 aliphatic rings. The summed E-state index contributed by atoms with van der Waals surface area (Å²) in [5.74, 6) is 0.00493. The van der Waals surface area contributed by atoms with Gasteiger partial charge in [0.15, 0.2) is 0 Å². The van der Waals surface area contributed by atoms with Crippen molar-refractivity contribution in [2.75, 3.05) is 7.05 Å². The summed E-state index contributed by atoms with van der Waals surface area (Å²) < 4.78 is 0. The van der Waals surface area contributed by atoms with Crippen LogP contribution in [-0.2, 0) is 0 Å². The average Bonchev–Trinajstić information content (AvgIpc) is 2.96. The van der Waals surface area contributed by atoms with Crippen LogP contribution in [0.4, 0.5) is 0 Å². The van der Waals surface area contributed by atoms with Crippen molar-refractivity contribution in [2.24, 2.45) is 0 Å². The van der Waals surface area contributed by atoms with Gasteiger partial charge in [-0.1, -0.05) is 12.5 Å². The van der Waals surface area contributed by atoms with Crippen LogP contribution < -0.4 is 5.32 Å². The molecule has 2 atom stereocenters. The number of imidazole rings is 1. The third kappa shape index (κ3) is 2.29. The first kappa shape index (κ1) is 13.8. The third-order valence-electron chi connectivity index (χ3n) is 5.37. The molecule has 0 saturated carbocycles. The first-order chi connectivity index (χ1) is 10.7. The van der Waals surface area contributed by atoms with Gasteiger partial charge in [-0.15, -0.1) is 0 Å². The Kier molecular flexibility index (Phi) is 3.37. The van der Waals surface area contributed by atoms with Gasteiger partial charge in [0.25, 0.3) is 5.91 Å². The molecule has 2 N–H and O–H groups in total. The number of carbonyl (C=O) groups is 1. The molecular formula is C17H22N4O. The van der Waals surface area contributed by atoms with Crippen LogP contribution in [0.3, 0.4) is 0 Å². The minimum absolute atomic E-state index is 0.00493. The highest BCUT2D eigenvalue weighted by atomic mass is 16.1. The van der Waals surface area contributed by atoms with Crippen LogP contribution in [0.2, 0.25) is 0 Å². The van der Waals surface area contributed by atoms with Crippen molar-refractivity contribution in [3.05, 3.63) is 30.1 Å². The Hall–Kier alpha value is -1.88. The molecule has 5 nitrogen and oxygen atoms in total. The normalized spacial score (nSPS) is 28.7. The SMILES string of the molecule is CN1C2CCCC1CC(NC(=O)c1cccc3[nH]cnc13)C2. The Morgan fingerprint density at radius 2 is 2.09 bits per heavy atom. The van der Waals surface area contributed by atoms with E-state index in [0.29, 0.717) is 17.6 Å². The summed E-state index contributed by atoms with van der Waals surface area (Å²) in [5.41, 5.74) is 2.34. The van der Waals surface area contributed by atoms with E-state index in [0.717, 1.165) is 23.9 Å². The lowest BCUT2D eigenvalue weighted by Crippen LogP contribution is -2.55. The topological polar surface area (TPSA) is 61.0 Å². The second kappa shape index (κ2) is 5.39. The molecule has 2 fully saturated rings. The minimum atomic E-state index is 0.00493. The molecule has 22 heavy (non-hydrogen) atoms. The Labute approximate surface area is 130 Å². The molecule has 0 aliphatic carbocycles. The zero-order valence-electron chi connectivity index (χ0n) is 12.9. The lowest BCUT2D eigenvalue weighted by Gasteiger charge is -2.47. The van der Waals surface area contributed by atoms with E-state index >= 15 is 0 Å². The average molecular weight is 298 g/mol. The summed E-state index contributed by atoms with van der Waals surface area (Å²) in [7, 11) is 2.23. The number of hydrogen-bond acceptors (Lipinski definition) is 3. The van der Waals surface area contributed by atoms with E-state index in [9.17, 15) is 4.79 Å². The van der Waals surface area contributed by atoms with Crippen LogP contribution in [0.15, 0.2) is 24.5 Å². The Balaban J connectivity index is 1.52. The number of benzene rings is 1. The van der Waals surface area contributed by atoms with E-state index in [2.05, 4.69) is 27.2 Å². The van der Waals surface area contributed by atoms with E-state index in [1.165, 1.54) is 19.3 Å². The van der Waals surface area contributed by atoms with E-state index in [-0.39, 0.29) is 11.9 Å². The summed E-state index contributed by atoms with van der Waals surface area (Å²) in [6, 6.07) is 7.23. The van der Waals surface area contributed by atoms with Crippen molar-refractivity contribution in [1.29, 1.82) is 0 Å². The zero-order chi connectivity index (χ0) is 15.1. The van der Waals surface area contributed by atoms with Gasteiger partial charge in [0, 0.05) is 18.1 Å². The van der Waals surface area contributed by atoms with Gasteiger partial charge in [-0.05, 0) is 44.9 Å². The monoisotopic (exact) mass is 298 g/mol. The molecule has 4 rings (SSSR count). The van der Waals surface area contributed by atoms with Crippen molar-refractivity contribution in [3.63, 3.8) is 0 Å². The van der Waals surface area contributed by atoms with Crippen LogP contribution in [0.5, 0.6) is 0 Å². The summed E-state index contributed by atoms with van der Waals surface area (Å²) >= 11 is 0. The van der Waals surface area contributed by atoms with Crippen molar-refractivity contribution in [2.45, 2.75) is 50.2 Å². The van der Waals surface area contributed by atoms with Gasteiger partial charge in [0.2, 0.25) is 0 Å². The van der Waals surface area contributed by atoms with Crippen LogP contribution in [0, 0.1) is 0 Å². The maximum atomic E-state index is 12.6. The van der Waals surface area contributed by atoms with Crippen molar-refractivity contribution >= 4 is 16.9 Å². The van der Waals surface area contributed by atoms with Crippen molar-refractivity contribution in [3.8, 4) is 0 Å². The molecule has 2 aliphatic heterocycles. The Morgan fingerprint density at radius 3 is 2.86 bits per heavy atom. The number of amides is 1. The molecule has 116 valence electrons. The molecule has 5 heteroatoms. The number of nitrogens with zero attached hydrogens (tertiary/aromatic N) is 2. The van der Waals surface area contributed by atoms with E-state index in [1.807, 2.05) is 18.2 Å². The Bertz CT molecular complexity index is 681. The smallest absolute Gasteiger partial charge is 0.253 e. The lowest BCUT2D eigenvalue weighted by molar-refractivity contribution is 0.0463. The first-order valence-corrected chi connectivity index (χ1v) is 8.17. The number of rotatable bonds is 2. The maximum Gasteiger partial charge on any atom is 0.253 e. The summed E-state index contributed by atoms with van der Waals surface area (Å²) in [6.45, 7) is 0. The van der Waals surface area contributed by atoms with Crippen LogP contribution >= 0.6 is 0 Å². The number of aromatic nitrogens is 2. The second-order valence-corrected chi connectivity index (χ2v) is 6.65. The number of para-hydroxylation sites is 1. The molecular weight excluding hydrogens is 276 g/mol. The number of carbonyl (C=O) groups excluding carboxylic acids is 1. The maximum absolute atomic E-state index is 12.6. The number of hydrogen-bond donors (Lipinski definition) is 2. The molecule has 2 saturated heterocycles. The summed E-state index contributed by atoms with van der Waals surface area (Å²) in [5, 5.41) is 3.25. The van der Waals surface area contributed by atoms with E-state index in [1.54, 1.807) is 6.33 Å². The predicted octanol–water partition coefficient (Wildman–Crippen LogP) is 2.31. The van der Waals surface area contributed by atoms with Gasteiger partial charge >= 0.3 is 0 Å². The summed E-state index contributed by atoms with van der Waals surface area (Å²) in [4.78, 5) is 22.5. The predicted molar refractivity (Wildman–Crippen MR) is 85.8 cm³/mol. The van der Waals surface area contributed by atoms with Crippen molar-refractivity contribution in [1.82, 2.24) is 20.2 Å². The van der Waals surface area contributed by atoms with Crippen LogP contribution in [-0.4, -0.2) is 45.9 Å². The molecule has 1 amide bonds. The molecule has 2 aromatic rings. The van der Waals surface area contributed by atoms with Gasteiger partial charge < -0.3 is 15.2 Å². The van der Waals surface area contributed by atoms with E-state index < -0.39 is 0 Å². The van der Waals surface area contributed by atoms with Crippen LogP contribution in [0.1, 0.15) is 42.5 Å². The largest absolute Gasteiger partial charge is 0.349 e. The molecule has 1 aromatic carbocycles. The van der Waals surface area contributed by atoms with E-state index in [4.69, 9.17) is 0 Å². The highest BCUT2D eigenvalue weighted by molar-refractivity contribution is 6.04.